The van der Waals surface area contributed by atoms with E-state index in [0.717, 1.165) is 5.56 Å². The third-order valence-corrected chi connectivity index (χ3v) is 4.19. The molecule has 21 heavy (non-hydrogen) atoms. The van der Waals surface area contributed by atoms with Crippen molar-refractivity contribution in [2.75, 3.05) is 13.1 Å². The number of urea groups is 1. The number of aliphatic carboxylic acids is 1. The van der Waals surface area contributed by atoms with Gasteiger partial charge in [0.25, 0.3) is 0 Å². The van der Waals surface area contributed by atoms with Crippen molar-refractivity contribution >= 4 is 23.6 Å². The molecule has 1 aromatic carbocycles. The summed E-state index contributed by atoms with van der Waals surface area (Å²) >= 11 is 6.11. The van der Waals surface area contributed by atoms with Crippen LogP contribution >= 0.6 is 11.6 Å². The minimum atomic E-state index is -0.778. The maximum atomic E-state index is 12.2. The first kappa shape index (κ1) is 15.6. The smallest absolute Gasteiger partial charge is 0.317 e. The van der Waals surface area contributed by atoms with Gasteiger partial charge >= 0.3 is 12.0 Å². The number of likely N-dealkylation sites (tertiary alicyclic amines) is 1. The Morgan fingerprint density at radius 2 is 1.95 bits per heavy atom. The molecule has 1 unspecified atom stereocenters. The largest absolute Gasteiger partial charge is 0.481 e. The number of halogens is 1. The second-order valence-electron chi connectivity index (χ2n) is 5.29. The number of amides is 2. The van der Waals surface area contributed by atoms with Gasteiger partial charge in [-0.3, -0.25) is 4.79 Å². The number of carbonyl (C=O) groups excluding carboxylic acids is 1. The molecule has 1 aliphatic rings. The third kappa shape index (κ3) is 3.88. The highest BCUT2D eigenvalue weighted by Crippen LogP contribution is 2.23. The summed E-state index contributed by atoms with van der Waals surface area (Å²) in [6.07, 6.45) is 1.01. The summed E-state index contributed by atoms with van der Waals surface area (Å²) in [6, 6.07) is 7.02. The quantitative estimate of drug-likeness (QED) is 0.902. The normalized spacial score (nSPS) is 17.3. The lowest BCUT2D eigenvalue weighted by atomic mass is 9.97. The van der Waals surface area contributed by atoms with Gasteiger partial charge in [0.15, 0.2) is 0 Å². The Kier molecular flexibility index (Phi) is 5.07. The molecule has 1 fully saturated rings. The molecule has 5 nitrogen and oxygen atoms in total. The molecule has 2 amide bonds. The van der Waals surface area contributed by atoms with Crippen LogP contribution in [0.5, 0.6) is 0 Å². The molecule has 0 spiro atoms. The molecule has 1 aromatic rings. The van der Waals surface area contributed by atoms with Gasteiger partial charge in [-0.05, 0) is 31.4 Å². The van der Waals surface area contributed by atoms with Gasteiger partial charge in [-0.2, -0.15) is 0 Å². The molecular weight excluding hydrogens is 292 g/mol. The molecule has 0 radical (unpaired) electrons. The zero-order chi connectivity index (χ0) is 15.4. The van der Waals surface area contributed by atoms with Crippen LogP contribution in [0, 0.1) is 5.92 Å². The van der Waals surface area contributed by atoms with Crippen molar-refractivity contribution in [1.82, 2.24) is 10.2 Å². The summed E-state index contributed by atoms with van der Waals surface area (Å²) < 4.78 is 0. The first-order valence-electron chi connectivity index (χ1n) is 7.01. The summed E-state index contributed by atoms with van der Waals surface area (Å²) in [5.74, 6) is -1.12. The van der Waals surface area contributed by atoms with Crippen molar-refractivity contribution < 1.29 is 14.7 Å². The highest BCUT2D eigenvalue weighted by molar-refractivity contribution is 6.31. The van der Waals surface area contributed by atoms with Gasteiger partial charge in [0.1, 0.15) is 0 Å². The summed E-state index contributed by atoms with van der Waals surface area (Å²) in [6.45, 7) is 2.82. The van der Waals surface area contributed by atoms with E-state index in [4.69, 9.17) is 16.7 Å². The van der Waals surface area contributed by atoms with Gasteiger partial charge in [0.05, 0.1) is 12.0 Å². The van der Waals surface area contributed by atoms with E-state index in [-0.39, 0.29) is 18.0 Å². The van der Waals surface area contributed by atoms with Crippen LogP contribution in [0.15, 0.2) is 24.3 Å². The molecule has 0 aromatic heterocycles. The Morgan fingerprint density at radius 1 is 1.33 bits per heavy atom. The number of benzene rings is 1. The molecule has 114 valence electrons. The second kappa shape index (κ2) is 6.80. The van der Waals surface area contributed by atoms with Crippen LogP contribution in [0.3, 0.4) is 0 Å². The van der Waals surface area contributed by atoms with Gasteiger partial charge in [0, 0.05) is 18.1 Å². The summed E-state index contributed by atoms with van der Waals surface area (Å²) in [5, 5.41) is 12.5. The van der Waals surface area contributed by atoms with E-state index in [2.05, 4.69) is 5.32 Å². The molecule has 2 N–H and O–H groups in total. The Balaban J connectivity index is 1.90. The number of rotatable bonds is 3. The van der Waals surface area contributed by atoms with E-state index in [1.54, 1.807) is 11.0 Å². The van der Waals surface area contributed by atoms with E-state index in [1.165, 1.54) is 0 Å². The maximum Gasteiger partial charge on any atom is 0.317 e. The van der Waals surface area contributed by atoms with Crippen molar-refractivity contribution in [2.45, 2.75) is 25.8 Å². The summed E-state index contributed by atoms with van der Waals surface area (Å²) in [5.41, 5.74) is 0.868. The van der Waals surface area contributed by atoms with E-state index < -0.39 is 5.97 Å². The van der Waals surface area contributed by atoms with Gasteiger partial charge < -0.3 is 15.3 Å². The lowest BCUT2D eigenvalue weighted by Gasteiger charge is -2.31. The van der Waals surface area contributed by atoms with Crippen LogP contribution in [0.4, 0.5) is 4.79 Å². The number of carboxylic acid groups (broad SMARTS) is 1. The molecule has 1 heterocycles. The zero-order valence-electron chi connectivity index (χ0n) is 11.9. The predicted octanol–water partition coefficient (Wildman–Crippen LogP) is 2.91. The molecule has 1 atom stereocenters. The number of piperidine rings is 1. The lowest BCUT2D eigenvalue weighted by molar-refractivity contribution is -0.143. The SMILES string of the molecule is CC(NC(=O)N1CCC(C(=O)O)CC1)c1ccccc1Cl. The molecule has 1 saturated heterocycles. The number of carbonyl (C=O) groups is 2. The number of nitrogens with zero attached hydrogens (tertiary/aromatic N) is 1. The average Bonchev–Trinajstić information content (AvgIpc) is 2.47. The summed E-state index contributed by atoms with van der Waals surface area (Å²) in [7, 11) is 0. The molecule has 2 rings (SSSR count). The van der Waals surface area contributed by atoms with E-state index >= 15 is 0 Å². The van der Waals surface area contributed by atoms with Gasteiger partial charge in [-0.1, -0.05) is 29.8 Å². The van der Waals surface area contributed by atoms with Crippen LogP contribution < -0.4 is 5.32 Å². The Morgan fingerprint density at radius 3 is 2.52 bits per heavy atom. The highest BCUT2D eigenvalue weighted by atomic mass is 35.5. The fraction of sp³-hybridized carbons (Fsp3) is 0.467. The van der Waals surface area contributed by atoms with Crippen LogP contribution in [0.25, 0.3) is 0 Å². The molecule has 0 bridgehead atoms. The van der Waals surface area contributed by atoms with E-state index in [1.807, 2.05) is 25.1 Å². The van der Waals surface area contributed by atoms with Crippen molar-refractivity contribution in [2.24, 2.45) is 5.92 Å². The van der Waals surface area contributed by atoms with Crippen LogP contribution in [-0.4, -0.2) is 35.1 Å². The third-order valence-electron chi connectivity index (χ3n) is 3.84. The van der Waals surface area contributed by atoms with Crippen molar-refractivity contribution in [3.05, 3.63) is 34.9 Å². The minimum Gasteiger partial charge on any atom is -0.481 e. The van der Waals surface area contributed by atoms with Crippen LogP contribution in [0.1, 0.15) is 31.4 Å². The number of carboxylic acids is 1. The topological polar surface area (TPSA) is 69.6 Å². The second-order valence-corrected chi connectivity index (χ2v) is 5.70. The molecule has 1 aliphatic heterocycles. The fourth-order valence-corrected chi connectivity index (χ4v) is 2.81. The Labute approximate surface area is 128 Å². The first-order chi connectivity index (χ1) is 9.99. The van der Waals surface area contributed by atoms with Crippen molar-refractivity contribution in [3.63, 3.8) is 0 Å². The fourth-order valence-electron chi connectivity index (χ4n) is 2.51. The van der Waals surface area contributed by atoms with E-state index in [0.29, 0.717) is 31.0 Å². The molecule has 0 aliphatic carbocycles. The predicted molar refractivity (Wildman–Crippen MR) is 80.3 cm³/mol. The van der Waals surface area contributed by atoms with E-state index in [9.17, 15) is 9.59 Å². The number of hydrogen-bond acceptors (Lipinski definition) is 2. The Hall–Kier alpha value is -1.75. The minimum absolute atomic E-state index is 0.175. The van der Waals surface area contributed by atoms with Gasteiger partial charge in [-0.15, -0.1) is 0 Å². The standard InChI is InChI=1S/C15H19ClN2O3/c1-10(12-4-2-3-5-13(12)16)17-15(21)18-8-6-11(7-9-18)14(19)20/h2-5,10-11H,6-9H2,1H3,(H,17,21)(H,19,20). The monoisotopic (exact) mass is 310 g/mol. The molecule has 0 saturated carbocycles. The van der Waals surface area contributed by atoms with Crippen molar-refractivity contribution in [1.29, 1.82) is 0 Å². The molecular formula is C15H19ClN2O3. The molecule has 6 heteroatoms. The average molecular weight is 311 g/mol. The van der Waals surface area contributed by atoms with Crippen LogP contribution in [-0.2, 0) is 4.79 Å². The Bertz CT molecular complexity index is 527. The van der Waals surface area contributed by atoms with Gasteiger partial charge in [0.2, 0.25) is 0 Å². The van der Waals surface area contributed by atoms with Crippen LogP contribution in [0.2, 0.25) is 5.02 Å². The highest BCUT2D eigenvalue weighted by Gasteiger charge is 2.27. The first-order valence-corrected chi connectivity index (χ1v) is 7.39. The number of hydrogen-bond donors (Lipinski definition) is 2. The number of nitrogens with one attached hydrogen (secondary N) is 1. The summed E-state index contributed by atoms with van der Waals surface area (Å²) in [4.78, 5) is 24.8. The zero-order valence-corrected chi connectivity index (χ0v) is 12.6. The van der Waals surface area contributed by atoms with Gasteiger partial charge in [-0.25, -0.2) is 4.79 Å². The lowest BCUT2D eigenvalue weighted by Crippen LogP contribution is -2.46. The maximum absolute atomic E-state index is 12.2. The van der Waals surface area contributed by atoms with Crippen molar-refractivity contribution in [3.8, 4) is 0 Å².